The highest BCUT2D eigenvalue weighted by Crippen LogP contribution is 2.17. The number of guanidine groups is 1. The molecule has 1 saturated heterocycles. The van der Waals surface area contributed by atoms with Crippen molar-refractivity contribution in [3.8, 4) is 0 Å². The summed E-state index contributed by atoms with van der Waals surface area (Å²) in [5.41, 5.74) is 2.78. The van der Waals surface area contributed by atoms with Gasteiger partial charge in [0.15, 0.2) is 5.96 Å². The van der Waals surface area contributed by atoms with Gasteiger partial charge in [0.05, 0.1) is 0 Å². The largest absolute Gasteiger partial charge is 0.356 e. The van der Waals surface area contributed by atoms with Crippen LogP contribution in [0.15, 0.2) is 29.3 Å². The smallest absolute Gasteiger partial charge is 0.225 e. The molecule has 0 aliphatic carbocycles. The zero-order chi connectivity index (χ0) is 21.9. The van der Waals surface area contributed by atoms with E-state index in [0.717, 1.165) is 64.1 Å². The summed E-state index contributed by atoms with van der Waals surface area (Å²) < 4.78 is 0. The van der Waals surface area contributed by atoms with E-state index in [9.17, 15) is 4.79 Å². The summed E-state index contributed by atoms with van der Waals surface area (Å²) in [5.74, 6) is 1.97. The Labute approximate surface area is 206 Å². The number of aliphatic imine (C=N–C) groups is 1. The second kappa shape index (κ2) is 14.7. The standard InChI is InChI=1S/C25H42N4O.HI/c1-6-21(7-2)24(30)29-17-14-23(15-18-29)28-25(26-5)27-16-8-9-20-10-12-22(13-11-20)19(3)4;/h10-13,19,21,23H,6-9,14-18H2,1-5H3,(H2,26,27,28);1H. The van der Waals surface area contributed by atoms with Crippen molar-refractivity contribution in [3.05, 3.63) is 35.4 Å². The highest BCUT2D eigenvalue weighted by atomic mass is 127. The van der Waals surface area contributed by atoms with Crippen LogP contribution in [0.25, 0.3) is 0 Å². The first-order valence-electron chi connectivity index (χ1n) is 11.8. The lowest BCUT2D eigenvalue weighted by molar-refractivity contribution is -0.136. The summed E-state index contributed by atoms with van der Waals surface area (Å²) in [6.45, 7) is 11.3. The van der Waals surface area contributed by atoms with E-state index in [2.05, 4.69) is 72.5 Å². The second-order valence-corrected chi connectivity index (χ2v) is 8.76. The molecule has 1 aliphatic rings. The Morgan fingerprint density at radius 3 is 2.26 bits per heavy atom. The average Bonchev–Trinajstić information content (AvgIpc) is 2.77. The number of amides is 1. The normalized spacial score (nSPS) is 15.2. The van der Waals surface area contributed by atoms with Crippen LogP contribution < -0.4 is 10.6 Å². The molecule has 6 heteroatoms. The predicted octanol–water partition coefficient (Wildman–Crippen LogP) is 4.95. The number of rotatable bonds is 9. The van der Waals surface area contributed by atoms with Gasteiger partial charge in [-0.2, -0.15) is 0 Å². The van der Waals surface area contributed by atoms with Gasteiger partial charge in [0, 0.05) is 38.6 Å². The Bertz CT molecular complexity index is 663. The minimum absolute atomic E-state index is 0. The van der Waals surface area contributed by atoms with E-state index in [1.54, 1.807) is 0 Å². The maximum Gasteiger partial charge on any atom is 0.225 e. The van der Waals surface area contributed by atoms with Crippen LogP contribution in [0, 0.1) is 5.92 Å². The molecule has 176 valence electrons. The summed E-state index contributed by atoms with van der Waals surface area (Å²) in [6.07, 6.45) is 5.98. The molecule has 0 bridgehead atoms. The fourth-order valence-corrected chi connectivity index (χ4v) is 4.10. The van der Waals surface area contributed by atoms with Crippen molar-refractivity contribution in [3.63, 3.8) is 0 Å². The van der Waals surface area contributed by atoms with Crippen LogP contribution in [-0.4, -0.2) is 49.5 Å². The van der Waals surface area contributed by atoms with Crippen molar-refractivity contribution in [2.24, 2.45) is 10.9 Å². The molecule has 0 atom stereocenters. The SMILES string of the molecule is CCC(CC)C(=O)N1CCC(NC(=NC)NCCCc2ccc(C(C)C)cc2)CC1.I. The van der Waals surface area contributed by atoms with Gasteiger partial charge in [0.1, 0.15) is 0 Å². The molecule has 1 aliphatic heterocycles. The van der Waals surface area contributed by atoms with E-state index in [0.29, 0.717) is 17.9 Å². The minimum atomic E-state index is 0. The number of carbonyl (C=O) groups excluding carboxylic acids is 1. The molecular weight excluding hydrogens is 499 g/mol. The molecule has 2 N–H and O–H groups in total. The Morgan fingerprint density at radius 1 is 1.13 bits per heavy atom. The first-order valence-corrected chi connectivity index (χ1v) is 11.8. The molecule has 1 aromatic rings. The molecule has 1 amide bonds. The van der Waals surface area contributed by atoms with E-state index < -0.39 is 0 Å². The molecule has 1 fully saturated rings. The topological polar surface area (TPSA) is 56.7 Å². The van der Waals surface area contributed by atoms with E-state index in [1.165, 1.54) is 11.1 Å². The maximum absolute atomic E-state index is 12.6. The lowest BCUT2D eigenvalue weighted by Crippen LogP contribution is -2.50. The van der Waals surface area contributed by atoms with Gasteiger partial charge in [0.2, 0.25) is 5.91 Å². The summed E-state index contributed by atoms with van der Waals surface area (Å²) in [7, 11) is 1.83. The van der Waals surface area contributed by atoms with Crippen LogP contribution in [0.4, 0.5) is 0 Å². The summed E-state index contributed by atoms with van der Waals surface area (Å²) in [4.78, 5) is 19.0. The number of nitrogens with zero attached hydrogens (tertiary/aromatic N) is 2. The molecule has 1 aromatic carbocycles. The summed E-state index contributed by atoms with van der Waals surface area (Å²) >= 11 is 0. The van der Waals surface area contributed by atoms with Gasteiger partial charge in [-0.3, -0.25) is 9.79 Å². The van der Waals surface area contributed by atoms with Crippen LogP contribution in [0.2, 0.25) is 0 Å². The van der Waals surface area contributed by atoms with Gasteiger partial charge in [-0.25, -0.2) is 0 Å². The predicted molar refractivity (Wildman–Crippen MR) is 142 cm³/mol. The van der Waals surface area contributed by atoms with Gasteiger partial charge < -0.3 is 15.5 Å². The molecule has 1 heterocycles. The van der Waals surface area contributed by atoms with Crippen LogP contribution in [0.3, 0.4) is 0 Å². The van der Waals surface area contributed by atoms with Gasteiger partial charge in [-0.1, -0.05) is 52.0 Å². The molecule has 0 aromatic heterocycles. The number of aryl methyl sites for hydroxylation is 1. The second-order valence-electron chi connectivity index (χ2n) is 8.76. The third kappa shape index (κ3) is 8.99. The monoisotopic (exact) mass is 542 g/mol. The molecule has 31 heavy (non-hydrogen) atoms. The van der Waals surface area contributed by atoms with E-state index >= 15 is 0 Å². The van der Waals surface area contributed by atoms with E-state index in [1.807, 2.05) is 7.05 Å². The van der Waals surface area contributed by atoms with Crippen molar-refractivity contribution >= 4 is 35.8 Å². The summed E-state index contributed by atoms with van der Waals surface area (Å²) in [6, 6.07) is 9.37. The van der Waals surface area contributed by atoms with Crippen molar-refractivity contribution in [1.82, 2.24) is 15.5 Å². The average molecular weight is 543 g/mol. The van der Waals surface area contributed by atoms with E-state index in [-0.39, 0.29) is 29.9 Å². The molecular formula is C25H43IN4O. The quantitative estimate of drug-likeness (QED) is 0.201. The highest BCUT2D eigenvalue weighted by Gasteiger charge is 2.26. The number of hydrogen-bond donors (Lipinski definition) is 2. The molecule has 5 nitrogen and oxygen atoms in total. The lowest BCUT2D eigenvalue weighted by atomic mass is 9.98. The number of nitrogens with one attached hydrogen (secondary N) is 2. The van der Waals surface area contributed by atoms with Gasteiger partial charge in [-0.15, -0.1) is 24.0 Å². The van der Waals surface area contributed by atoms with Crippen molar-refractivity contribution in [1.29, 1.82) is 0 Å². The zero-order valence-corrected chi connectivity index (χ0v) is 22.4. The van der Waals surface area contributed by atoms with Crippen LogP contribution in [-0.2, 0) is 11.2 Å². The number of carbonyl (C=O) groups is 1. The van der Waals surface area contributed by atoms with Gasteiger partial charge >= 0.3 is 0 Å². The summed E-state index contributed by atoms with van der Waals surface area (Å²) in [5, 5.41) is 6.99. The molecule has 2 rings (SSSR count). The highest BCUT2D eigenvalue weighted by molar-refractivity contribution is 14.0. The number of halogens is 1. The maximum atomic E-state index is 12.6. The Hall–Kier alpha value is -1.31. The van der Waals surface area contributed by atoms with Crippen molar-refractivity contribution in [2.75, 3.05) is 26.7 Å². The van der Waals surface area contributed by atoms with Crippen LogP contribution >= 0.6 is 24.0 Å². The Kier molecular flexibility index (Phi) is 13.1. The zero-order valence-electron chi connectivity index (χ0n) is 20.1. The molecule has 0 unspecified atom stereocenters. The molecule has 0 saturated carbocycles. The number of likely N-dealkylation sites (tertiary alicyclic amines) is 1. The first kappa shape index (κ1) is 27.7. The fourth-order valence-electron chi connectivity index (χ4n) is 4.10. The number of hydrogen-bond acceptors (Lipinski definition) is 2. The third-order valence-corrected chi connectivity index (χ3v) is 6.29. The Balaban J connectivity index is 0.00000480. The fraction of sp³-hybridized carbons (Fsp3) is 0.680. The minimum Gasteiger partial charge on any atom is -0.356 e. The van der Waals surface area contributed by atoms with Gasteiger partial charge in [-0.05, 0) is 55.6 Å². The Morgan fingerprint density at radius 2 is 1.74 bits per heavy atom. The van der Waals surface area contributed by atoms with Crippen LogP contribution in [0.5, 0.6) is 0 Å². The first-order chi connectivity index (χ1) is 14.5. The van der Waals surface area contributed by atoms with E-state index in [4.69, 9.17) is 0 Å². The lowest BCUT2D eigenvalue weighted by Gasteiger charge is -2.34. The molecule has 0 spiro atoms. The van der Waals surface area contributed by atoms with Crippen LogP contribution in [0.1, 0.15) is 76.8 Å². The van der Waals surface area contributed by atoms with Crippen molar-refractivity contribution in [2.45, 2.75) is 78.2 Å². The van der Waals surface area contributed by atoms with Crippen molar-refractivity contribution < 1.29 is 4.79 Å². The third-order valence-electron chi connectivity index (χ3n) is 6.29. The molecule has 0 radical (unpaired) electrons. The van der Waals surface area contributed by atoms with Gasteiger partial charge in [0.25, 0.3) is 0 Å². The number of piperidine rings is 1. The number of benzene rings is 1.